The van der Waals surface area contributed by atoms with Gasteiger partial charge < -0.3 is 4.74 Å². The summed E-state index contributed by atoms with van der Waals surface area (Å²) in [6.45, 7) is 5.39. The van der Waals surface area contributed by atoms with E-state index in [9.17, 15) is 4.79 Å². The molecule has 2 saturated heterocycles. The Balaban J connectivity index is 1.48. The van der Waals surface area contributed by atoms with Crippen LogP contribution < -0.4 is 5.09 Å². The van der Waals surface area contributed by atoms with Gasteiger partial charge in [-0.05, 0) is 43.9 Å². The SMILES string of the molecule is CCOC(=O)CC[C@H]1CCC[C@@H](NP(=S)(N2CC2)N2CC2)C1. The molecule has 3 rings (SSSR count). The first-order chi connectivity index (χ1) is 10.6. The number of esters is 1. The zero-order chi connectivity index (χ0) is 15.6. The van der Waals surface area contributed by atoms with E-state index in [1.54, 1.807) is 0 Å². The summed E-state index contributed by atoms with van der Waals surface area (Å²) in [5.41, 5.74) is 0. The van der Waals surface area contributed by atoms with E-state index in [-0.39, 0.29) is 5.97 Å². The molecule has 1 aliphatic carbocycles. The summed E-state index contributed by atoms with van der Waals surface area (Å²) in [7, 11) is 0. The van der Waals surface area contributed by atoms with E-state index in [0.29, 0.717) is 25.0 Å². The zero-order valence-corrected chi connectivity index (χ0v) is 15.2. The van der Waals surface area contributed by atoms with Crippen molar-refractivity contribution in [3.05, 3.63) is 0 Å². The molecular formula is C15H28N3O2PS. The molecule has 2 atom stereocenters. The highest BCUT2D eigenvalue weighted by atomic mass is 32.4. The smallest absolute Gasteiger partial charge is 0.305 e. The Morgan fingerprint density at radius 3 is 2.55 bits per heavy atom. The van der Waals surface area contributed by atoms with E-state index in [1.807, 2.05) is 6.92 Å². The lowest BCUT2D eigenvalue weighted by molar-refractivity contribution is -0.143. The van der Waals surface area contributed by atoms with E-state index in [2.05, 4.69) is 14.4 Å². The summed E-state index contributed by atoms with van der Waals surface area (Å²) in [6, 6.07) is 0.535. The summed E-state index contributed by atoms with van der Waals surface area (Å²) >= 11 is 6.01. The minimum absolute atomic E-state index is 0.0455. The monoisotopic (exact) mass is 345 g/mol. The van der Waals surface area contributed by atoms with E-state index in [4.69, 9.17) is 16.5 Å². The van der Waals surface area contributed by atoms with Crippen LogP contribution in [0.5, 0.6) is 0 Å². The van der Waals surface area contributed by atoms with E-state index >= 15 is 0 Å². The van der Waals surface area contributed by atoms with Crippen molar-refractivity contribution in [2.75, 3.05) is 32.8 Å². The topological polar surface area (TPSA) is 44.3 Å². The number of carbonyl (C=O) groups is 1. The molecule has 126 valence electrons. The van der Waals surface area contributed by atoms with Crippen LogP contribution in [-0.2, 0) is 21.3 Å². The molecule has 2 heterocycles. The normalized spacial score (nSPS) is 29.3. The highest BCUT2D eigenvalue weighted by molar-refractivity contribution is 8.11. The van der Waals surface area contributed by atoms with Crippen molar-refractivity contribution in [3.63, 3.8) is 0 Å². The van der Waals surface area contributed by atoms with Crippen molar-refractivity contribution >= 4 is 24.3 Å². The second-order valence-corrected chi connectivity index (χ2v) is 10.7. The molecule has 3 fully saturated rings. The number of hydrogen-bond acceptors (Lipinski definition) is 3. The van der Waals surface area contributed by atoms with Gasteiger partial charge in [-0.2, -0.15) is 0 Å². The van der Waals surface area contributed by atoms with Crippen LogP contribution >= 0.6 is 6.49 Å². The molecule has 5 nitrogen and oxygen atoms in total. The van der Waals surface area contributed by atoms with Gasteiger partial charge in [0, 0.05) is 38.6 Å². The Morgan fingerprint density at radius 1 is 1.27 bits per heavy atom. The third-order valence-corrected chi connectivity index (χ3v) is 9.55. The van der Waals surface area contributed by atoms with Crippen molar-refractivity contribution in [2.24, 2.45) is 5.92 Å². The minimum Gasteiger partial charge on any atom is -0.466 e. The molecule has 1 saturated carbocycles. The number of carbonyl (C=O) groups excluding carboxylic acids is 1. The lowest BCUT2D eigenvalue weighted by atomic mass is 9.83. The largest absolute Gasteiger partial charge is 0.466 e. The number of hydrogen-bond donors (Lipinski definition) is 1. The Morgan fingerprint density at radius 2 is 1.95 bits per heavy atom. The fraction of sp³-hybridized carbons (Fsp3) is 0.933. The van der Waals surface area contributed by atoms with Gasteiger partial charge in [-0.3, -0.25) is 9.88 Å². The maximum atomic E-state index is 11.5. The minimum atomic E-state index is -1.63. The van der Waals surface area contributed by atoms with Crippen molar-refractivity contribution in [1.29, 1.82) is 0 Å². The van der Waals surface area contributed by atoms with Gasteiger partial charge in [0.2, 0.25) is 0 Å². The van der Waals surface area contributed by atoms with Gasteiger partial charge in [-0.1, -0.05) is 12.8 Å². The van der Waals surface area contributed by atoms with Gasteiger partial charge in [0.15, 0.2) is 0 Å². The highest BCUT2D eigenvalue weighted by Crippen LogP contribution is 2.58. The molecule has 22 heavy (non-hydrogen) atoms. The van der Waals surface area contributed by atoms with E-state index in [0.717, 1.165) is 6.42 Å². The van der Waals surface area contributed by atoms with Crippen LogP contribution in [0, 0.1) is 5.92 Å². The second kappa shape index (κ2) is 7.27. The summed E-state index contributed by atoms with van der Waals surface area (Å²) < 4.78 is 9.95. The first-order valence-electron chi connectivity index (χ1n) is 8.66. The predicted octanol–water partition coefficient (Wildman–Crippen LogP) is 2.33. The van der Waals surface area contributed by atoms with Gasteiger partial charge in [0.25, 0.3) is 0 Å². The maximum Gasteiger partial charge on any atom is 0.305 e. The molecule has 7 heteroatoms. The third kappa shape index (κ3) is 4.30. The van der Waals surface area contributed by atoms with Gasteiger partial charge in [0.1, 0.15) is 6.49 Å². The van der Waals surface area contributed by atoms with Crippen molar-refractivity contribution < 1.29 is 9.53 Å². The van der Waals surface area contributed by atoms with Gasteiger partial charge in [-0.25, -0.2) is 9.34 Å². The molecule has 3 aliphatic rings. The summed E-state index contributed by atoms with van der Waals surface area (Å²) in [4.78, 5) is 11.5. The van der Waals surface area contributed by atoms with Gasteiger partial charge in [0.05, 0.1) is 6.61 Å². The Hall–Kier alpha value is -0.0000000000000000694. The molecule has 0 bridgehead atoms. The fourth-order valence-electron chi connectivity index (χ4n) is 3.44. The molecule has 0 aromatic rings. The Kier molecular flexibility index (Phi) is 5.56. The average molecular weight is 345 g/mol. The average Bonchev–Trinajstić information content (AvgIpc) is 3.38. The van der Waals surface area contributed by atoms with Crippen LogP contribution in [0.2, 0.25) is 0 Å². The fourth-order valence-corrected chi connectivity index (χ4v) is 7.52. The van der Waals surface area contributed by atoms with Crippen LogP contribution in [0.25, 0.3) is 0 Å². The first kappa shape index (κ1) is 16.8. The van der Waals surface area contributed by atoms with Crippen molar-refractivity contribution in [2.45, 2.75) is 51.5 Å². The van der Waals surface area contributed by atoms with Gasteiger partial charge in [-0.15, -0.1) is 0 Å². The van der Waals surface area contributed by atoms with Crippen LogP contribution in [0.15, 0.2) is 0 Å². The second-order valence-electron chi connectivity index (χ2n) is 6.65. The molecular weight excluding hydrogens is 317 g/mol. The van der Waals surface area contributed by atoms with Crippen LogP contribution in [0.1, 0.15) is 45.4 Å². The van der Waals surface area contributed by atoms with Crippen LogP contribution in [0.3, 0.4) is 0 Å². The lowest BCUT2D eigenvalue weighted by Gasteiger charge is -2.35. The third-order valence-electron chi connectivity index (χ3n) is 4.81. The van der Waals surface area contributed by atoms with E-state index < -0.39 is 6.49 Å². The van der Waals surface area contributed by atoms with Crippen molar-refractivity contribution in [3.8, 4) is 0 Å². The standard InChI is InChI=1S/C15H28N3O2PS/c1-2-20-15(19)7-6-13-4-3-5-14(12-13)16-21(22,17-8-9-17)18-10-11-18/h13-14H,2-12H2,1H3,(H,16,22)/t13-,14-/m1/s1. The molecule has 0 radical (unpaired) electrons. The number of nitrogens with zero attached hydrogens (tertiary/aromatic N) is 2. The molecule has 0 unspecified atom stereocenters. The molecule has 0 amide bonds. The Bertz CT molecular complexity index is 438. The van der Waals surface area contributed by atoms with Gasteiger partial charge >= 0.3 is 5.97 Å². The first-order valence-corrected chi connectivity index (χ1v) is 11.4. The summed E-state index contributed by atoms with van der Waals surface area (Å²) in [6.07, 6.45) is 6.43. The molecule has 0 spiro atoms. The van der Waals surface area contributed by atoms with Crippen LogP contribution in [0.4, 0.5) is 0 Å². The zero-order valence-electron chi connectivity index (χ0n) is 13.5. The van der Waals surface area contributed by atoms with E-state index in [1.165, 1.54) is 51.9 Å². The Labute approximate surface area is 138 Å². The number of rotatable bonds is 8. The molecule has 0 aromatic carbocycles. The summed E-state index contributed by atoms with van der Waals surface area (Å²) in [5, 5.41) is 3.86. The maximum absolute atomic E-state index is 11.5. The van der Waals surface area contributed by atoms with Crippen LogP contribution in [-0.4, -0.2) is 54.1 Å². The summed E-state index contributed by atoms with van der Waals surface area (Å²) in [5.74, 6) is 0.596. The molecule has 2 aliphatic heterocycles. The highest BCUT2D eigenvalue weighted by Gasteiger charge is 2.45. The predicted molar refractivity (Wildman–Crippen MR) is 92.2 cm³/mol. The molecule has 1 N–H and O–H groups in total. The van der Waals surface area contributed by atoms with Crippen molar-refractivity contribution in [1.82, 2.24) is 14.4 Å². The molecule has 0 aromatic heterocycles. The quantitative estimate of drug-likeness (QED) is 0.414. The lowest BCUT2D eigenvalue weighted by Crippen LogP contribution is -2.35. The number of nitrogens with one attached hydrogen (secondary N) is 1. The number of ether oxygens (including phenoxy) is 1.